The van der Waals surface area contributed by atoms with Gasteiger partial charge < -0.3 is 9.84 Å². The van der Waals surface area contributed by atoms with Crippen LogP contribution in [0.1, 0.15) is 30.6 Å². The van der Waals surface area contributed by atoms with Gasteiger partial charge in [0.25, 0.3) is 0 Å². The first kappa shape index (κ1) is 17.1. The van der Waals surface area contributed by atoms with E-state index in [1.165, 1.54) is 24.3 Å². The lowest BCUT2D eigenvalue weighted by Crippen LogP contribution is -2.40. The second kappa shape index (κ2) is 7.19. The number of carbonyl (C=O) groups is 2. The number of esters is 1. The van der Waals surface area contributed by atoms with E-state index in [1.54, 1.807) is 13.8 Å². The lowest BCUT2D eigenvalue weighted by Gasteiger charge is -2.13. The SMILES string of the molecule is CCOC(=O)c1ccc(S(=O)(=O)N[C@@H](CC)C(=O)O)cc1. The monoisotopic (exact) mass is 315 g/mol. The molecule has 7 nitrogen and oxygen atoms in total. The van der Waals surface area contributed by atoms with Gasteiger partial charge in [0.1, 0.15) is 6.04 Å². The molecule has 1 rings (SSSR count). The zero-order valence-electron chi connectivity index (χ0n) is 11.7. The summed E-state index contributed by atoms with van der Waals surface area (Å²) in [5.41, 5.74) is 0.223. The summed E-state index contributed by atoms with van der Waals surface area (Å²) in [5, 5.41) is 8.87. The summed E-state index contributed by atoms with van der Waals surface area (Å²) in [5.74, 6) is -1.80. The van der Waals surface area contributed by atoms with Crippen LogP contribution in [0.25, 0.3) is 0 Å². The number of rotatable bonds is 7. The Morgan fingerprint density at radius 1 is 1.24 bits per heavy atom. The van der Waals surface area contributed by atoms with E-state index in [-0.39, 0.29) is 23.5 Å². The van der Waals surface area contributed by atoms with E-state index >= 15 is 0 Å². The minimum absolute atomic E-state index is 0.116. The molecule has 0 heterocycles. The minimum atomic E-state index is -3.95. The van der Waals surface area contributed by atoms with Crippen LogP contribution in [0, 0.1) is 0 Å². The number of sulfonamides is 1. The molecule has 0 saturated heterocycles. The fourth-order valence-electron chi connectivity index (χ4n) is 1.55. The highest BCUT2D eigenvalue weighted by Gasteiger charge is 2.24. The number of hydrogen-bond donors (Lipinski definition) is 2. The van der Waals surface area contributed by atoms with Gasteiger partial charge in [0, 0.05) is 0 Å². The number of carboxylic acid groups (broad SMARTS) is 1. The highest BCUT2D eigenvalue weighted by atomic mass is 32.2. The number of nitrogens with one attached hydrogen (secondary N) is 1. The van der Waals surface area contributed by atoms with Crippen molar-refractivity contribution in [3.63, 3.8) is 0 Å². The Morgan fingerprint density at radius 2 is 1.81 bits per heavy atom. The van der Waals surface area contributed by atoms with Crippen molar-refractivity contribution in [2.24, 2.45) is 0 Å². The number of carboxylic acids is 1. The van der Waals surface area contributed by atoms with E-state index in [4.69, 9.17) is 9.84 Å². The third-order valence-electron chi connectivity index (χ3n) is 2.68. The van der Waals surface area contributed by atoms with Crippen molar-refractivity contribution in [2.75, 3.05) is 6.61 Å². The summed E-state index contributed by atoms with van der Waals surface area (Å²) in [6.07, 6.45) is 0.121. The van der Waals surface area contributed by atoms with Gasteiger partial charge in [0.05, 0.1) is 17.1 Å². The zero-order valence-corrected chi connectivity index (χ0v) is 12.5. The van der Waals surface area contributed by atoms with Gasteiger partial charge in [-0.3, -0.25) is 4.79 Å². The molecule has 0 fully saturated rings. The van der Waals surface area contributed by atoms with Crippen LogP contribution in [0.2, 0.25) is 0 Å². The van der Waals surface area contributed by atoms with Gasteiger partial charge >= 0.3 is 11.9 Å². The molecule has 8 heteroatoms. The molecule has 0 bridgehead atoms. The molecule has 0 aliphatic carbocycles. The summed E-state index contributed by atoms with van der Waals surface area (Å²) in [6.45, 7) is 3.44. The minimum Gasteiger partial charge on any atom is -0.480 e. The lowest BCUT2D eigenvalue weighted by atomic mass is 10.2. The first-order valence-corrected chi connectivity index (χ1v) is 7.82. The molecular weight excluding hydrogens is 298 g/mol. The smallest absolute Gasteiger partial charge is 0.338 e. The van der Waals surface area contributed by atoms with Crippen molar-refractivity contribution in [2.45, 2.75) is 31.2 Å². The molecule has 1 aromatic carbocycles. The molecule has 2 N–H and O–H groups in total. The van der Waals surface area contributed by atoms with Crippen molar-refractivity contribution >= 4 is 22.0 Å². The summed E-state index contributed by atoms with van der Waals surface area (Å²) in [7, 11) is -3.95. The molecule has 21 heavy (non-hydrogen) atoms. The molecular formula is C13H17NO6S. The van der Waals surface area contributed by atoms with Gasteiger partial charge in [-0.2, -0.15) is 4.72 Å². The highest BCUT2D eigenvalue weighted by molar-refractivity contribution is 7.89. The van der Waals surface area contributed by atoms with Gasteiger partial charge in [-0.15, -0.1) is 0 Å². The van der Waals surface area contributed by atoms with Gasteiger partial charge in [-0.05, 0) is 37.6 Å². The van der Waals surface area contributed by atoms with Gasteiger partial charge in [0.2, 0.25) is 10.0 Å². The van der Waals surface area contributed by atoms with Crippen LogP contribution >= 0.6 is 0 Å². The normalized spacial score (nSPS) is 12.7. The molecule has 1 aromatic rings. The molecule has 0 saturated carbocycles. The fourth-order valence-corrected chi connectivity index (χ4v) is 2.82. The van der Waals surface area contributed by atoms with Crippen LogP contribution in [0.4, 0.5) is 0 Å². The molecule has 0 unspecified atom stereocenters. The third kappa shape index (κ3) is 4.54. The molecule has 0 aliphatic heterocycles. The first-order valence-electron chi connectivity index (χ1n) is 6.34. The van der Waals surface area contributed by atoms with E-state index < -0.39 is 28.0 Å². The standard InChI is InChI=1S/C13H17NO6S/c1-3-11(12(15)16)14-21(18,19)10-7-5-9(6-8-10)13(17)20-4-2/h5-8,11,14H,3-4H2,1-2H3,(H,15,16)/t11-/m0/s1. The lowest BCUT2D eigenvalue weighted by molar-refractivity contribution is -0.139. The van der Waals surface area contributed by atoms with Gasteiger partial charge in [0.15, 0.2) is 0 Å². The van der Waals surface area contributed by atoms with Crippen molar-refractivity contribution in [1.82, 2.24) is 4.72 Å². The number of aliphatic carboxylic acids is 1. The van der Waals surface area contributed by atoms with E-state index in [0.717, 1.165) is 0 Å². The quantitative estimate of drug-likeness (QED) is 0.727. The van der Waals surface area contributed by atoms with E-state index in [1.807, 2.05) is 0 Å². The van der Waals surface area contributed by atoms with Crippen LogP contribution in [-0.4, -0.2) is 38.1 Å². The Kier molecular flexibility index (Phi) is 5.86. The molecule has 0 radical (unpaired) electrons. The van der Waals surface area contributed by atoms with E-state index in [9.17, 15) is 18.0 Å². The summed E-state index contributed by atoms with van der Waals surface area (Å²) in [4.78, 5) is 22.2. The largest absolute Gasteiger partial charge is 0.480 e. The van der Waals surface area contributed by atoms with Crippen molar-refractivity contribution in [1.29, 1.82) is 0 Å². The Hall–Kier alpha value is -1.93. The molecule has 0 aromatic heterocycles. The van der Waals surface area contributed by atoms with Crippen LogP contribution in [-0.2, 0) is 19.6 Å². The topological polar surface area (TPSA) is 110 Å². The van der Waals surface area contributed by atoms with E-state index in [2.05, 4.69) is 4.72 Å². The van der Waals surface area contributed by atoms with Crippen LogP contribution in [0.15, 0.2) is 29.2 Å². The van der Waals surface area contributed by atoms with Crippen LogP contribution in [0.5, 0.6) is 0 Å². The number of ether oxygens (including phenoxy) is 1. The fraction of sp³-hybridized carbons (Fsp3) is 0.385. The molecule has 0 aliphatic rings. The summed E-state index contributed by atoms with van der Waals surface area (Å²) in [6, 6.07) is 3.88. The van der Waals surface area contributed by atoms with E-state index in [0.29, 0.717) is 0 Å². The zero-order chi connectivity index (χ0) is 16.0. The Labute approximate surface area is 123 Å². The van der Waals surface area contributed by atoms with Crippen LogP contribution < -0.4 is 4.72 Å². The second-order valence-electron chi connectivity index (χ2n) is 4.17. The van der Waals surface area contributed by atoms with Crippen LogP contribution in [0.3, 0.4) is 0 Å². The number of benzene rings is 1. The first-order chi connectivity index (χ1) is 9.81. The Morgan fingerprint density at radius 3 is 2.24 bits per heavy atom. The maximum Gasteiger partial charge on any atom is 0.338 e. The van der Waals surface area contributed by atoms with Gasteiger partial charge in [-0.25, -0.2) is 13.2 Å². The third-order valence-corrected chi connectivity index (χ3v) is 4.17. The average Bonchev–Trinajstić information content (AvgIpc) is 2.45. The predicted octanol–water partition coefficient (Wildman–Crippen LogP) is 1.00. The number of carbonyl (C=O) groups excluding carboxylic acids is 1. The molecule has 0 spiro atoms. The highest BCUT2D eigenvalue weighted by Crippen LogP contribution is 2.12. The summed E-state index contributed by atoms with van der Waals surface area (Å²) < 4.78 is 30.9. The van der Waals surface area contributed by atoms with Crippen molar-refractivity contribution in [3.05, 3.63) is 29.8 Å². The maximum absolute atomic E-state index is 12.0. The average molecular weight is 315 g/mol. The molecule has 116 valence electrons. The molecule has 0 amide bonds. The maximum atomic E-state index is 12.0. The van der Waals surface area contributed by atoms with Crippen molar-refractivity contribution in [3.8, 4) is 0 Å². The Bertz CT molecular complexity index is 608. The predicted molar refractivity (Wildman–Crippen MR) is 74.4 cm³/mol. The number of hydrogen-bond acceptors (Lipinski definition) is 5. The second-order valence-corrected chi connectivity index (χ2v) is 5.88. The molecule has 1 atom stereocenters. The summed E-state index contributed by atoms with van der Waals surface area (Å²) >= 11 is 0. The van der Waals surface area contributed by atoms with Gasteiger partial charge in [-0.1, -0.05) is 6.92 Å². The van der Waals surface area contributed by atoms with Crippen molar-refractivity contribution < 1.29 is 27.9 Å². The Balaban J connectivity index is 2.94.